The third-order valence-corrected chi connectivity index (χ3v) is 7.02. The molecule has 1 aliphatic carbocycles. The van der Waals surface area contributed by atoms with Gasteiger partial charge in [0.05, 0.1) is 15.6 Å². The Morgan fingerprint density at radius 3 is 2.58 bits per heavy atom. The number of rotatable bonds is 5. The molecule has 31 heavy (non-hydrogen) atoms. The highest BCUT2D eigenvalue weighted by Gasteiger charge is 2.28. The van der Waals surface area contributed by atoms with Gasteiger partial charge in [0.25, 0.3) is 0 Å². The van der Waals surface area contributed by atoms with Gasteiger partial charge in [0.2, 0.25) is 5.95 Å². The lowest BCUT2D eigenvalue weighted by atomic mass is 9.92. The molecule has 2 N–H and O–H groups in total. The van der Waals surface area contributed by atoms with E-state index in [-0.39, 0.29) is 21.8 Å². The highest BCUT2D eigenvalue weighted by molar-refractivity contribution is 7.15. The molecule has 1 aromatic carbocycles. The van der Waals surface area contributed by atoms with E-state index in [4.69, 9.17) is 0 Å². The van der Waals surface area contributed by atoms with Gasteiger partial charge in [0.1, 0.15) is 11.6 Å². The predicted octanol–water partition coefficient (Wildman–Crippen LogP) is 4.28. The average molecular weight is 444 g/mol. The van der Waals surface area contributed by atoms with Crippen LogP contribution in [0.2, 0.25) is 0 Å². The smallest absolute Gasteiger partial charge is 0.232 e. The van der Waals surface area contributed by atoms with Gasteiger partial charge in [-0.3, -0.25) is 0 Å². The van der Waals surface area contributed by atoms with Crippen LogP contribution in [0.1, 0.15) is 30.7 Å². The summed E-state index contributed by atoms with van der Waals surface area (Å²) in [5, 5.41) is 23.2. The Kier molecular flexibility index (Phi) is 5.31. The molecule has 162 valence electrons. The van der Waals surface area contributed by atoms with Gasteiger partial charge >= 0.3 is 0 Å². The van der Waals surface area contributed by atoms with E-state index < -0.39 is 11.8 Å². The Bertz CT molecular complexity index is 1100. The van der Waals surface area contributed by atoms with Crippen LogP contribution in [0.4, 0.5) is 14.6 Å². The van der Waals surface area contributed by atoms with Gasteiger partial charge in [-0.1, -0.05) is 6.42 Å². The first-order valence-corrected chi connectivity index (χ1v) is 11.3. The Balaban J connectivity index is 1.34. The van der Waals surface area contributed by atoms with E-state index in [9.17, 15) is 13.9 Å². The molecule has 5 rings (SSSR count). The lowest BCUT2D eigenvalue weighted by Gasteiger charge is -2.29. The maximum absolute atomic E-state index is 14.7. The third-order valence-electron chi connectivity index (χ3n) is 6.04. The van der Waals surface area contributed by atoms with E-state index in [0.29, 0.717) is 22.8 Å². The summed E-state index contributed by atoms with van der Waals surface area (Å²) in [6.45, 7) is 3.44. The lowest BCUT2D eigenvalue weighted by molar-refractivity contribution is 0.311. The van der Waals surface area contributed by atoms with Crippen LogP contribution < -0.4 is 10.2 Å². The molecule has 0 amide bonds. The number of aromatic hydroxyl groups is 1. The number of hydrogen-bond donors (Lipinski definition) is 2. The van der Waals surface area contributed by atoms with Crippen LogP contribution >= 0.6 is 11.3 Å². The van der Waals surface area contributed by atoms with Crippen molar-refractivity contribution in [3.8, 4) is 27.4 Å². The van der Waals surface area contributed by atoms with Gasteiger partial charge in [-0.25, -0.2) is 9.37 Å². The molecule has 3 aromatic rings. The Morgan fingerprint density at radius 1 is 1.10 bits per heavy atom. The Labute approximate surface area is 183 Å². The average Bonchev–Trinajstić information content (AvgIpc) is 3.32. The molecule has 1 saturated carbocycles. The summed E-state index contributed by atoms with van der Waals surface area (Å²) in [6, 6.07) is 7.06. The Hall–Kier alpha value is -2.65. The summed E-state index contributed by atoms with van der Waals surface area (Å²) >= 11 is 1.04. The second kappa shape index (κ2) is 8.12. The highest BCUT2D eigenvalue weighted by Crippen LogP contribution is 2.38. The summed E-state index contributed by atoms with van der Waals surface area (Å²) in [6.07, 6.45) is 4.91. The van der Waals surface area contributed by atoms with Crippen LogP contribution in [0, 0.1) is 18.7 Å². The minimum atomic E-state index is -0.742. The first-order chi connectivity index (χ1) is 15.0. The summed E-state index contributed by atoms with van der Waals surface area (Å²) in [4.78, 5) is 5.94. The molecular weight excluding hydrogens is 420 g/mol. The number of nitrogens with zero attached hydrogens (tertiary/aromatic N) is 4. The quantitative estimate of drug-likeness (QED) is 0.613. The standard InChI is InChI=1S/C22H23F2N5OS/c1-12-25-22(24)21(31-12)15-10-19(30)16(9-17(15)23)18-5-6-20(28-27-18)29-8-7-14(11-29)26-13-3-2-4-13/h5-6,9-10,13-14,26,30H,2-4,7-8,11H2,1H3. The van der Waals surface area contributed by atoms with Crippen molar-refractivity contribution in [2.75, 3.05) is 18.0 Å². The number of aromatic nitrogens is 3. The molecule has 0 spiro atoms. The van der Waals surface area contributed by atoms with E-state index in [1.807, 2.05) is 6.07 Å². The van der Waals surface area contributed by atoms with Crippen molar-refractivity contribution in [1.29, 1.82) is 0 Å². The molecule has 2 fully saturated rings. The van der Waals surface area contributed by atoms with Crippen LogP contribution in [0.15, 0.2) is 24.3 Å². The molecule has 2 aliphatic rings. The first kappa shape index (κ1) is 20.3. The number of aryl methyl sites for hydroxylation is 1. The van der Waals surface area contributed by atoms with Gasteiger partial charge in [0, 0.05) is 36.3 Å². The number of thiazole rings is 1. The molecule has 1 aliphatic heterocycles. The number of hydrogen-bond acceptors (Lipinski definition) is 7. The van der Waals surface area contributed by atoms with Crippen molar-refractivity contribution in [3.05, 3.63) is 41.0 Å². The minimum Gasteiger partial charge on any atom is -0.507 e. The van der Waals surface area contributed by atoms with Crippen LogP contribution in [-0.4, -0.2) is 45.5 Å². The van der Waals surface area contributed by atoms with Crippen molar-refractivity contribution in [2.24, 2.45) is 0 Å². The molecule has 6 nitrogen and oxygen atoms in total. The summed E-state index contributed by atoms with van der Waals surface area (Å²) < 4.78 is 28.7. The number of benzene rings is 1. The molecule has 0 bridgehead atoms. The minimum absolute atomic E-state index is 0.0176. The molecule has 0 radical (unpaired) electrons. The second-order valence-electron chi connectivity index (χ2n) is 8.20. The molecule has 3 heterocycles. The maximum atomic E-state index is 14.7. The van der Waals surface area contributed by atoms with Crippen molar-refractivity contribution >= 4 is 17.2 Å². The van der Waals surface area contributed by atoms with E-state index in [0.717, 1.165) is 42.7 Å². The highest BCUT2D eigenvalue weighted by atomic mass is 32.1. The molecule has 1 unspecified atom stereocenters. The summed E-state index contributed by atoms with van der Waals surface area (Å²) in [5.41, 5.74) is 0.555. The fourth-order valence-electron chi connectivity index (χ4n) is 4.16. The van der Waals surface area contributed by atoms with Crippen molar-refractivity contribution in [2.45, 2.75) is 44.7 Å². The van der Waals surface area contributed by atoms with Crippen molar-refractivity contribution < 1.29 is 13.9 Å². The van der Waals surface area contributed by atoms with E-state index in [1.54, 1.807) is 13.0 Å². The molecule has 1 atom stereocenters. The molecule has 2 aromatic heterocycles. The zero-order chi connectivity index (χ0) is 21.5. The number of phenolic OH excluding ortho intramolecular Hbond substituents is 1. The third kappa shape index (κ3) is 3.99. The van der Waals surface area contributed by atoms with E-state index in [2.05, 4.69) is 25.4 Å². The molecular formula is C22H23F2N5OS. The second-order valence-corrected chi connectivity index (χ2v) is 9.41. The predicted molar refractivity (Wildman–Crippen MR) is 116 cm³/mol. The van der Waals surface area contributed by atoms with Crippen LogP contribution in [0.5, 0.6) is 5.75 Å². The zero-order valence-corrected chi connectivity index (χ0v) is 17.9. The summed E-state index contributed by atoms with van der Waals surface area (Å²) in [7, 11) is 0. The van der Waals surface area contributed by atoms with E-state index >= 15 is 0 Å². The van der Waals surface area contributed by atoms with Gasteiger partial charge in [-0.2, -0.15) is 4.39 Å². The van der Waals surface area contributed by atoms with Crippen molar-refractivity contribution in [3.63, 3.8) is 0 Å². The largest absolute Gasteiger partial charge is 0.507 e. The van der Waals surface area contributed by atoms with E-state index in [1.165, 1.54) is 25.3 Å². The number of phenols is 1. The zero-order valence-electron chi connectivity index (χ0n) is 17.1. The van der Waals surface area contributed by atoms with Gasteiger partial charge in [-0.15, -0.1) is 21.5 Å². The van der Waals surface area contributed by atoms with Crippen LogP contribution in [-0.2, 0) is 0 Å². The van der Waals surface area contributed by atoms with Crippen LogP contribution in [0.3, 0.4) is 0 Å². The number of anilines is 1. The Morgan fingerprint density at radius 2 is 1.94 bits per heavy atom. The lowest BCUT2D eigenvalue weighted by Crippen LogP contribution is -2.43. The topological polar surface area (TPSA) is 74.2 Å². The first-order valence-electron chi connectivity index (χ1n) is 10.5. The fourth-order valence-corrected chi connectivity index (χ4v) is 4.98. The summed E-state index contributed by atoms with van der Waals surface area (Å²) in [5.74, 6) is -0.811. The van der Waals surface area contributed by atoms with Gasteiger partial charge < -0.3 is 15.3 Å². The number of nitrogens with one attached hydrogen (secondary N) is 1. The molecule has 1 saturated heterocycles. The number of halogens is 2. The van der Waals surface area contributed by atoms with Gasteiger partial charge in [0.15, 0.2) is 5.82 Å². The monoisotopic (exact) mass is 443 g/mol. The van der Waals surface area contributed by atoms with Gasteiger partial charge in [-0.05, 0) is 50.5 Å². The fraction of sp³-hybridized carbons (Fsp3) is 0.409. The normalized spacial score (nSPS) is 19.1. The molecule has 9 heteroatoms. The van der Waals surface area contributed by atoms with Crippen molar-refractivity contribution in [1.82, 2.24) is 20.5 Å². The SMILES string of the molecule is Cc1nc(F)c(-c2cc(O)c(-c3ccc(N4CCC(NC5CCC5)C4)nn3)cc2F)s1. The van der Waals surface area contributed by atoms with Crippen LogP contribution in [0.25, 0.3) is 21.7 Å². The maximum Gasteiger partial charge on any atom is 0.232 e.